The summed E-state index contributed by atoms with van der Waals surface area (Å²) in [5, 5.41) is 0. The fraction of sp³-hybridized carbons (Fsp3) is 0.280. The van der Waals surface area contributed by atoms with Crippen LogP contribution in [0, 0.1) is 6.92 Å². The molecule has 3 heterocycles. The number of likely N-dealkylation sites (tertiary alicyclic amines) is 1. The largest absolute Gasteiger partial charge is 0.441 e. The molecule has 30 heavy (non-hydrogen) atoms. The molecular formula is C25H26N4O. The Kier molecular flexibility index (Phi) is 5.20. The van der Waals surface area contributed by atoms with Crippen molar-refractivity contribution in [3.8, 4) is 17.1 Å². The fourth-order valence-electron chi connectivity index (χ4n) is 4.25. The summed E-state index contributed by atoms with van der Waals surface area (Å²) in [4.78, 5) is 11.4. The van der Waals surface area contributed by atoms with Crippen LogP contribution < -0.4 is 0 Å². The van der Waals surface area contributed by atoms with Crippen molar-refractivity contribution in [1.82, 2.24) is 19.4 Å². The number of hydrogen-bond acceptors (Lipinski definition) is 4. The summed E-state index contributed by atoms with van der Waals surface area (Å²) < 4.78 is 7.99. The monoisotopic (exact) mass is 398 g/mol. The molecule has 0 atom stereocenters. The minimum Gasteiger partial charge on any atom is -0.441 e. The molecule has 5 rings (SSSR count). The average Bonchev–Trinajstić information content (AvgIpc) is 3.46. The molecule has 0 unspecified atom stereocenters. The number of rotatable bonds is 5. The number of hydrogen-bond donors (Lipinski definition) is 0. The average molecular weight is 399 g/mol. The van der Waals surface area contributed by atoms with E-state index in [0.29, 0.717) is 11.8 Å². The number of piperidine rings is 1. The van der Waals surface area contributed by atoms with Crippen molar-refractivity contribution in [2.75, 3.05) is 13.1 Å². The smallest absolute Gasteiger partial charge is 0.226 e. The van der Waals surface area contributed by atoms with E-state index in [-0.39, 0.29) is 0 Å². The number of imidazole rings is 1. The van der Waals surface area contributed by atoms with Gasteiger partial charge in [0.25, 0.3) is 0 Å². The molecule has 1 aliphatic rings. The molecule has 5 nitrogen and oxygen atoms in total. The third-order valence-electron chi connectivity index (χ3n) is 6.04. The van der Waals surface area contributed by atoms with Crippen LogP contribution in [0.25, 0.3) is 17.1 Å². The summed E-state index contributed by atoms with van der Waals surface area (Å²) >= 11 is 0. The van der Waals surface area contributed by atoms with Crippen LogP contribution in [0.3, 0.4) is 0 Å². The van der Waals surface area contributed by atoms with Crippen LogP contribution in [0.15, 0.2) is 77.7 Å². The molecule has 0 saturated carbocycles. The van der Waals surface area contributed by atoms with Gasteiger partial charge in [-0.1, -0.05) is 30.3 Å². The highest BCUT2D eigenvalue weighted by molar-refractivity contribution is 5.56. The molecule has 2 aromatic carbocycles. The van der Waals surface area contributed by atoms with E-state index in [4.69, 9.17) is 9.40 Å². The minimum absolute atomic E-state index is 0.672. The van der Waals surface area contributed by atoms with Crippen LogP contribution in [0.2, 0.25) is 0 Å². The first-order chi connectivity index (χ1) is 14.8. The SMILES string of the molecule is Cc1oc(-c2ccc(-n3ccnc3)cc2)nc1CN1CCC(c2ccccc2)CC1. The van der Waals surface area contributed by atoms with Crippen LogP contribution in [0.4, 0.5) is 0 Å². The number of aromatic nitrogens is 3. The van der Waals surface area contributed by atoms with Gasteiger partial charge in [-0.3, -0.25) is 4.90 Å². The molecule has 0 spiro atoms. The zero-order valence-corrected chi connectivity index (χ0v) is 17.2. The third-order valence-corrected chi connectivity index (χ3v) is 6.04. The predicted octanol–water partition coefficient (Wildman–Crippen LogP) is 5.22. The van der Waals surface area contributed by atoms with Gasteiger partial charge in [0, 0.05) is 30.2 Å². The van der Waals surface area contributed by atoms with Gasteiger partial charge in [0.15, 0.2) is 0 Å². The van der Waals surface area contributed by atoms with Gasteiger partial charge in [0.05, 0.1) is 12.0 Å². The summed E-state index contributed by atoms with van der Waals surface area (Å²) in [6.07, 6.45) is 7.90. The first kappa shape index (κ1) is 18.8. The Hall–Kier alpha value is -3.18. The zero-order valence-electron chi connectivity index (χ0n) is 17.2. The van der Waals surface area contributed by atoms with Crippen molar-refractivity contribution in [1.29, 1.82) is 0 Å². The van der Waals surface area contributed by atoms with Crippen LogP contribution >= 0.6 is 0 Å². The lowest BCUT2D eigenvalue weighted by Gasteiger charge is -2.31. The molecule has 4 aromatic rings. The van der Waals surface area contributed by atoms with Crippen molar-refractivity contribution >= 4 is 0 Å². The molecule has 1 fully saturated rings. The third kappa shape index (κ3) is 3.94. The van der Waals surface area contributed by atoms with Crippen molar-refractivity contribution < 1.29 is 4.42 Å². The maximum absolute atomic E-state index is 6.01. The van der Waals surface area contributed by atoms with Crippen molar-refractivity contribution in [2.24, 2.45) is 0 Å². The first-order valence-corrected chi connectivity index (χ1v) is 10.6. The van der Waals surface area contributed by atoms with Crippen LogP contribution in [0.5, 0.6) is 0 Å². The highest BCUT2D eigenvalue weighted by Gasteiger charge is 2.22. The molecule has 0 N–H and O–H groups in total. The van der Waals surface area contributed by atoms with Gasteiger partial charge < -0.3 is 8.98 Å². The molecule has 2 aromatic heterocycles. The van der Waals surface area contributed by atoms with Gasteiger partial charge in [-0.2, -0.15) is 0 Å². The van der Waals surface area contributed by atoms with E-state index >= 15 is 0 Å². The van der Waals surface area contributed by atoms with Gasteiger partial charge in [-0.05, 0) is 68.6 Å². The topological polar surface area (TPSA) is 47.1 Å². The Bertz CT molecular complexity index is 1080. The molecule has 0 aliphatic carbocycles. The van der Waals surface area contributed by atoms with Crippen molar-refractivity contribution in [3.05, 3.63) is 90.3 Å². The molecule has 0 radical (unpaired) electrons. The lowest BCUT2D eigenvalue weighted by Crippen LogP contribution is -2.32. The lowest BCUT2D eigenvalue weighted by molar-refractivity contribution is 0.202. The quantitative estimate of drug-likeness (QED) is 0.463. The minimum atomic E-state index is 0.672. The highest BCUT2D eigenvalue weighted by Crippen LogP contribution is 2.29. The lowest BCUT2D eigenvalue weighted by atomic mass is 9.89. The summed E-state index contributed by atoms with van der Waals surface area (Å²) in [6, 6.07) is 19.1. The van der Waals surface area contributed by atoms with Gasteiger partial charge in [-0.25, -0.2) is 9.97 Å². The van der Waals surface area contributed by atoms with Crippen molar-refractivity contribution in [3.63, 3.8) is 0 Å². The van der Waals surface area contributed by atoms with Crippen LogP contribution in [-0.2, 0) is 6.54 Å². The van der Waals surface area contributed by atoms with E-state index in [9.17, 15) is 0 Å². The van der Waals surface area contributed by atoms with E-state index in [0.717, 1.165) is 42.3 Å². The van der Waals surface area contributed by atoms with E-state index in [1.807, 2.05) is 17.7 Å². The maximum Gasteiger partial charge on any atom is 0.226 e. The first-order valence-electron chi connectivity index (χ1n) is 10.6. The molecule has 5 heteroatoms. The standard InChI is InChI=1S/C25H26N4O/c1-19-24(17-28-14-11-21(12-15-28)20-5-3-2-4-6-20)27-25(30-19)22-7-9-23(10-8-22)29-16-13-26-18-29/h2-10,13,16,18,21H,11-12,14-15,17H2,1H3. The number of nitrogens with zero attached hydrogens (tertiary/aromatic N) is 4. The normalized spacial score (nSPS) is 15.5. The summed E-state index contributed by atoms with van der Waals surface area (Å²) in [6.45, 7) is 5.06. The number of oxazole rings is 1. The van der Waals surface area contributed by atoms with Crippen molar-refractivity contribution in [2.45, 2.75) is 32.2 Å². The number of aryl methyl sites for hydroxylation is 1. The van der Waals surface area contributed by atoms with E-state index in [1.165, 1.54) is 18.4 Å². The van der Waals surface area contributed by atoms with Gasteiger partial charge >= 0.3 is 0 Å². The van der Waals surface area contributed by atoms with E-state index < -0.39 is 0 Å². The van der Waals surface area contributed by atoms with Crippen LogP contribution in [0.1, 0.15) is 35.8 Å². The molecule has 0 bridgehead atoms. The highest BCUT2D eigenvalue weighted by atomic mass is 16.4. The molecule has 1 aliphatic heterocycles. The second-order valence-corrected chi connectivity index (χ2v) is 8.00. The molecule has 1 saturated heterocycles. The summed E-state index contributed by atoms with van der Waals surface area (Å²) in [5.74, 6) is 2.28. The number of benzene rings is 2. The van der Waals surface area contributed by atoms with E-state index in [2.05, 4.69) is 64.5 Å². The molecule has 0 amide bonds. The molecular weight excluding hydrogens is 372 g/mol. The second-order valence-electron chi connectivity index (χ2n) is 8.00. The van der Waals surface area contributed by atoms with E-state index in [1.54, 1.807) is 12.5 Å². The Morgan fingerprint density at radius 2 is 1.77 bits per heavy atom. The summed E-state index contributed by atoms with van der Waals surface area (Å²) in [5.41, 5.74) is 4.58. The summed E-state index contributed by atoms with van der Waals surface area (Å²) in [7, 11) is 0. The van der Waals surface area contributed by atoms with Gasteiger partial charge in [0.1, 0.15) is 5.76 Å². The van der Waals surface area contributed by atoms with Crippen LogP contribution in [-0.4, -0.2) is 32.5 Å². The Morgan fingerprint density at radius 1 is 1.00 bits per heavy atom. The Labute approximate surface area is 177 Å². The Balaban J connectivity index is 1.24. The zero-order chi connectivity index (χ0) is 20.3. The Morgan fingerprint density at radius 3 is 2.47 bits per heavy atom. The molecule has 152 valence electrons. The van der Waals surface area contributed by atoms with Gasteiger partial charge in [0.2, 0.25) is 5.89 Å². The van der Waals surface area contributed by atoms with Gasteiger partial charge in [-0.15, -0.1) is 0 Å². The maximum atomic E-state index is 6.01. The predicted molar refractivity (Wildman–Crippen MR) is 117 cm³/mol. The fourth-order valence-corrected chi connectivity index (χ4v) is 4.25. The second kappa shape index (κ2) is 8.28.